The Hall–Kier alpha value is -0.660. The van der Waals surface area contributed by atoms with Gasteiger partial charge in [0.2, 0.25) is 5.95 Å². The number of hydrogen-bond acceptors (Lipinski definition) is 1. The highest BCUT2D eigenvalue weighted by atomic mass is 19.1. The molecule has 0 aromatic carbocycles. The molecule has 0 unspecified atom stereocenters. The van der Waals surface area contributed by atoms with E-state index in [0.717, 1.165) is 6.42 Å². The van der Waals surface area contributed by atoms with Crippen molar-refractivity contribution < 1.29 is 4.39 Å². The molecular formula is C7H12FN. The molecule has 0 saturated heterocycles. The van der Waals surface area contributed by atoms with Crippen LogP contribution in [0, 0.1) is 0 Å². The predicted octanol–water partition coefficient (Wildman–Crippen LogP) is 2.69. The molecule has 0 amide bonds. The lowest BCUT2D eigenvalue weighted by atomic mass is 10.2. The van der Waals surface area contributed by atoms with Gasteiger partial charge in [0.05, 0.1) is 0 Å². The Morgan fingerprint density at radius 1 is 1.67 bits per heavy atom. The summed E-state index contributed by atoms with van der Waals surface area (Å²) in [7, 11) is 0. The molecule has 0 bridgehead atoms. The Morgan fingerprint density at radius 2 is 2.22 bits per heavy atom. The fourth-order valence-corrected chi connectivity index (χ4v) is 0.369. The van der Waals surface area contributed by atoms with Crippen LogP contribution in [0.1, 0.15) is 27.2 Å². The van der Waals surface area contributed by atoms with E-state index in [1.165, 1.54) is 6.21 Å². The maximum Gasteiger partial charge on any atom is 0.211 e. The molecule has 9 heavy (non-hydrogen) atoms. The Morgan fingerprint density at radius 3 is 2.56 bits per heavy atom. The van der Waals surface area contributed by atoms with Crippen LogP contribution in [0.25, 0.3) is 0 Å². The number of nitrogens with zero attached hydrogens (tertiary/aromatic N) is 1. The second-order valence-corrected chi connectivity index (χ2v) is 1.81. The first kappa shape index (κ1) is 8.34. The molecule has 0 N–H and O–H groups in total. The molecule has 0 radical (unpaired) electrons. The molecule has 0 aromatic heterocycles. The van der Waals surface area contributed by atoms with Gasteiger partial charge < -0.3 is 0 Å². The minimum atomic E-state index is -0.347. The van der Waals surface area contributed by atoms with Crippen LogP contribution in [0.5, 0.6) is 0 Å². The molecule has 0 atom stereocenters. The van der Waals surface area contributed by atoms with Crippen molar-refractivity contribution in [1.82, 2.24) is 0 Å². The van der Waals surface area contributed by atoms with Gasteiger partial charge in [-0.1, -0.05) is 6.92 Å². The molecule has 0 rings (SSSR count). The van der Waals surface area contributed by atoms with Crippen LogP contribution in [0.4, 0.5) is 4.39 Å². The third-order valence-corrected chi connectivity index (χ3v) is 1.12. The van der Waals surface area contributed by atoms with Gasteiger partial charge in [0.25, 0.3) is 0 Å². The molecule has 2 heteroatoms. The smallest absolute Gasteiger partial charge is 0.211 e. The van der Waals surface area contributed by atoms with Crippen LogP contribution in [0.2, 0.25) is 0 Å². The number of aliphatic imine (C=N–C) groups is 1. The number of rotatable bonds is 2. The lowest BCUT2D eigenvalue weighted by Crippen LogP contribution is -1.76. The van der Waals surface area contributed by atoms with E-state index in [4.69, 9.17) is 0 Å². The zero-order valence-corrected chi connectivity index (χ0v) is 6.11. The van der Waals surface area contributed by atoms with E-state index in [9.17, 15) is 4.39 Å². The van der Waals surface area contributed by atoms with Crippen LogP contribution in [0.15, 0.2) is 16.5 Å². The maximum atomic E-state index is 12.5. The largest absolute Gasteiger partial charge is 0.233 e. The molecule has 0 aromatic rings. The predicted molar refractivity (Wildman–Crippen MR) is 38.3 cm³/mol. The first-order chi connectivity index (χ1) is 4.22. The van der Waals surface area contributed by atoms with E-state index < -0.39 is 0 Å². The molecular weight excluding hydrogens is 117 g/mol. The Kier molecular flexibility index (Phi) is 3.93. The minimum absolute atomic E-state index is 0.347. The molecule has 52 valence electrons. The quantitative estimate of drug-likeness (QED) is 0.401. The monoisotopic (exact) mass is 129 g/mol. The van der Waals surface area contributed by atoms with Crippen molar-refractivity contribution in [3.05, 3.63) is 11.5 Å². The molecule has 0 aliphatic rings. The lowest BCUT2D eigenvalue weighted by Gasteiger charge is -1.92. The normalized spacial score (nSPS) is 14.2. The van der Waals surface area contributed by atoms with Gasteiger partial charge in [0.15, 0.2) is 0 Å². The molecule has 0 heterocycles. The summed E-state index contributed by atoms with van der Waals surface area (Å²) < 4.78 is 12.5. The molecule has 0 fully saturated rings. The second kappa shape index (κ2) is 4.24. The fourth-order valence-electron chi connectivity index (χ4n) is 0.369. The molecule has 0 aliphatic carbocycles. The first-order valence-corrected chi connectivity index (χ1v) is 3.06. The highest BCUT2D eigenvalue weighted by Gasteiger charge is 1.92. The van der Waals surface area contributed by atoms with Gasteiger partial charge in [-0.3, -0.25) is 0 Å². The first-order valence-electron chi connectivity index (χ1n) is 3.06. The van der Waals surface area contributed by atoms with Crippen LogP contribution >= 0.6 is 0 Å². The van der Waals surface area contributed by atoms with Crippen LogP contribution in [0.3, 0.4) is 0 Å². The summed E-state index contributed by atoms with van der Waals surface area (Å²) in [5.41, 5.74) is 0.702. The molecule has 0 spiro atoms. The van der Waals surface area contributed by atoms with Gasteiger partial charge in [0, 0.05) is 6.21 Å². The topological polar surface area (TPSA) is 12.4 Å². The van der Waals surface area contributed by atoms with Gasteiger partial charge in [-0.25, -0.2) is 4.99 Å². The van der Waals surface area contributed by atoms with Crippen LogP contribution in [-0.2, 0) is 0 Å². The zero-order valence-electron chi connectivity index (χ0n) is 6.11. The Bertz CT molecular complexity index is 136. The summed E-state index contributed by atoms with van der Waals surface area (Å²) in [6.45, 7) is 5.34. The van der Waals surface area contributed by atoms with Crippen molar-refractivity contribution >= 4 is 6.21 Å². The number of hydrogen-bond donors (Lipinski definition) is 0. The average Bonchev–Trinajstić information content (AvgIpc) is 1.87. The molecule has 0 aliphatic heterocycles. The van der Waals surface area contributed by atoms with Gasteiger partial charge in [0.1, 0.15) is 0 Å². The Labute approximate surface area is 55.3 Å². The van der Waals surface area contributed by atoms with Crippen molar-refractivity contribution in [2.45, 2.75) is 27.2 Å². The summed E-state index contributed by atoms with van der Waals surface area (Å²) in [6.07, 6.45) is 2.18. The second-order valence-electron chi connectivity index (χ2n) is 1.81. The van der Waals surface area contributed by atoms with E-state index in [0.29, 0.717) is 5.57 Å². The van der Waals surface area contributed by atoms with E-state index in [1.54, 1.807) is 13.8 Å². The van der Waals surface area contributed by atoms with Gasteiger partial charge >= 0.3 is 0 Å². The summed E-state index contributed by atoms with van der Waals surface area (Å²) in [5.74, 6) is -0.347. The van der Waals surface area contributed by atoms with Crippen molar-refractivity contribution in [1.29, 1.82) is 0 Å². The highest BCUT2D eigenvalue weighted by molar-refractivity contribution is 5.54. The number of allylic oxidation sites excluding steroid dienone is 1. The van der Waals surface area contributed by atoms with Crippen molar-refractivity contribution in [2.75, 3.05) is 0 Å². The van der Waals surface area contributed by atoms with E-state index in [1.807, 2.05) is 6.92 Å². The summed E-state index contributed by atoms with van der Waals surface area (Å²) in [4.78, 5) is 3.48. The summed E-state index contributed by atoms with van der Waals surface area (Å²) in [5, 5.41) is 0. The highest BCUT2D eigenvalue weighted by Crippen LogP contribution is 2.09. The standard InChI is InChI=1S/C7H12FN/c1-4-6(3)7(8)9-5-2/h5H,4H2,1-3H3/b7-6-,9-5-. The van der Waals surface area contributed by atoms with E-state index in [-0.39, 0.29) is 5.95 Å². The summed E-state index contributed by atoms with van der Waals surface area (Å²) >= 11 is 0. The minimum Gasteiger partial charge on any atom is -0.233 e. The van der Waals surface area contributed by atoms with E-state index >= 15 is 0 Å². The third kappa shape index (κ3) is 3.01. The SMILES string of the molecule is C/C=N\C(F)=C(\C)CC. The Balaban J connectivity index is 4.10. The maximum absolute atomic E-state index is 12.5. The van der Waals surface area contributed by atoms with Gasteiger partial charge in [-0.15, -0.1) is 0 Å². The third-order valence-electron chi connectivity index (χ3n) is 1.12. The lowest BCUT2D eigenvalue weighted by molar-refractivity contribution is 0.610. The van der Waals surface area contributed by atoms with Crippen molar-refractivity contribution in [2.24, 2.45) is 4.99 Å². The van der Waals surface area contributed by atoms with Gasteiger partial charge in [-0.2, -0.15) is 4.39 Å². The van der Waals surface area contributed by atoms with Crippen molar-refractivity contribution in [3.63, 3.8) is 0 Å². The fraction of sp³-hybridized carbons (Fsp3) is 0.571. The molecule has 1 nitrogen and oxygen atoms in total. The van der Waals surface area contributed by atoms with E-state index in [2.05, 4.69) is 4.99 Å². The van der Waals surface area contributed by atoms with Gasteiger partial charge in [-0.05, 0) is 25.8 Å². The zero-order chi connectivity index (χ0) is 7.28. The summed E-state index contributed by atoms with van der Waals surface area (Å²) in [6, 6.07) is 0. The number of halogens is 1. The van der Waals surface area contributed by atoms with Crippen molar-refractivity contribution in [3.8, 4) is 0 Å². The average molecular weight is 129 g/mol. The van der Waals surface area contributed by atoms with Crippen LogP contribution < -0.4 is 0 Å². The van der Waals surface area contributed by atoms with Crippen LogP contribution in [-0.4, -0.2) is 6.21 Å². The molecule has 0 saturated carbocycles.